The van der Waals surface area contributed by atoms with Gasteiger partial charge in [-0.05, 0) is 24.3 Å². The van der Waals surface area contributed by atoms with Gasteiger partial charge in [-0.1, -0.05) is 47.5 Å². The monoisotopic (exact) mass is 387 g/mol. The van der Waals surface area contributed by atoms with E-state index in [4.69, 9.17) is 27.9 Å². The molecule has 1 amide bonds. The quantitative estimate of drug-likeness (QED) is 0.621. The highest BCUT2D eigenvalue weighted by Gasteiger charge is 2.16. The first-order valence-electron chi connectivity index (χ1n) is 7.73. The standard InChI is InChI=1S/C19H15Cl2N3O2/c1-24(2)19(25)26-17-11-16(12-3-7-14(20)8-4-12)22-23-18(17)13-5-9-15(21)10-6-13/h3-11H,1-2H3. The number of aromatic nitrogens is 2. The predicted octanol–water partition coefficient (Wildman–Crippen LogP) is 5.18. The first-order valence-corrected chi connectivity index (χ1v) is 8.48. The van der Waals surface area contributed by atoms with E-state index in [1.54, 1.807) is 56.6 Å². The Kier molecular flexibility index (Phi) is 5.40. The third kappa shape index (κ3) is 4.12. The zero-order valence-corrected chi connectivity index (χ0v) is 15.6. The molecule has 2 aromatic carbocycles. The highest BCUT2D eigenvalue weighted by Crippen LogP contribution is 2.32. The van der Waals surface area contributed by atoms with Crippen LogP contribution in [0.5, 0.6) is 5.75 Å². The Bertz CT molecular complexity index is 927. The van der Waals surface area contributed by atoms with Crippen LogP contribution in [0.2, 0.25) is 10.0 Å². The van der Waals surface area contributed by atoms with E-state index in [9.17, 15) is 4.79 Å². The summed E-state index contributed by atoms with van der Waals surface area (Å²) in [4.78, 5) is 13.4. The molecule has 132 valence electrons. The van der Waals surface area contributed by atoms with Crippen LogP contribution in [-0.2, 0) is 0 Å². The van der Waals surface area contributed by atoms with Crippen LogP contribution in [0.1, 0.15) is 0 Å². The molecule has 0 aliphatic carbocycles. The lowest BCUT2D eigenvalue weighted by molar-refractivity contribution is 0.172. The summed E-state index contributed by atoms with van der Waals surface area (Å²) in [6, 6.07) is 15.9. The van der Waals surface area contributed by atoms with Crippen LogP contribution in [0.25, 0.3) is 22.5 Å². The highest BCUT2D eigenvalue weighted by atomic mass is 35.5. The van der Waals surface area contributed by atoms with Crippen molar-refractivity contribution in [3.05, 3.63) is 64.6 Å². The fourth-order valence-electron chi connectivity index (χ4n) is 2.21. The van der Waals surface area contributed by atoms with Gasteiger partial charge in [-0.3, -0.25) is 0 Å². The molecule has 0 aliphatic heterocycles. The molecule has 0 saturated carbocycles. The van der Waals surface area contributed by atoms with E-state index in [0.29, 0.717) is 27.2 Å². The zero-order chi connectivity index (χ0) is 18.7. The molecule has 0 radical (unpaired) electrons. The van der Waals surface area contributed by atoms with Gasteiger partial charge in [0.15, 0.2) is 5.75 Å². The molecule has 1 heterocycles. The van der Waals surface area contributed by atoms with Crippen LogP contribution in [0.3, 0.4) is 0 Å². The minimum Gasteiger partial charge on any atom is -0.408 e. The molecule has 0 spiro atoms. The van der Waals surface area contributed by atoms with Crippen molar-refractivity contribution in [2.75, 3.05) is 14.1 Å². The number of nitrogens with zero attached hydrogens (tertiary/aromatic N) is 3. The highest BCUT2D eigenvalue weighted by molar-refractivity contribution is 6.30. The molecule has 0 N–H and O–H groups in total. The summed E-state index contributed by atoms with van der Waals surface area (Å²) >= 11 is 11.9. The molecule has 3 aromatic rings. The van der Waals surface area contributed by atoms with E-state index in [-0.39, 0.29) is 0 Å². The van der Waals surface area contributed by atoms with Gasteiger partial charge in [0.05, 0.1) is 5.69 Å². The van der Waals surface area contributed by atoms with Crippen molar-refractivity contribution in [1.29, 1.82) is 0 Å². The molecule has 0 fully saturated rings. The summed E-state index contributed by atoms with van der Waals surface area (Å²) < 4.78 is 5.50. The number of hydrogen-bond acceptors (Lipinski definition) is 4. The second kappa shape index (κ2) is 7.72. The van der Waals surface area contributed by atoms with Gasteiger partial charge in [-0.25, -0.2) is 4.79 Å². The largest absolute Gasteiger partial charge is 0.414 e. The third-order valence-corrected chi connectivity index (χ3v) is 4.08. The number of carbonyl (C=O) groups excluding carboxylic acids is 1. The van der Waals surface area contributed by atoms with E-state index in [1.165, 1.54) is 4.90 Å². The normalized spacial score (nSPS) is 10.5. The summed E-state index contributed by atoms with van der Waals surface area (Å²) in [5.41, 5.74) is 2.58. The Morgan fingerprint density at radius 1 is 0.885 bits per heavy atom. The number of rotatable bonds is 3. The van der Waals surface area contributed by atoms with Crippen LogP contribution in [0.15, 0.2) is 54.6 Å². The predicted molar refractivity (Wildman–Crippen MR) is 103 cm³/mol. The Labute approximate surface area is 161 Å². The fraction of sp³-hybridized carbons (Fsp3) is 0.105. The van der Waals surface area contributed by atoms with Crippen molar-refractivity contribution in [3.8, 4) is 28.3 Å². The second-order valence-electron chi connectivity index (χ2n) is 5.72. The van der Waals surface area contributed by atoms with Gasteiger partial charge in [-0.15, -0.1) is 10.2 Å². The Morgan fingerprint density at radius 2 is 1.42 bits per heavy atom. The van der Waals surface area contributed by atoms with Crippen molar-refractivity contribution < 1.29 is 9.53 Å². The Hall–Kier alpha value is -2.63. The minimum absolute atomic E-state index is 0.311. The number of ether oxygens (including phenoxy) is 1. The van der Waals surface area contributed by atoms with Crippen LogP contribution in [0.4, 0.5) is 4.79 Å². The van der Waals surface area contributed by atoms with Gasteiger partial charge >= 0.3 is 6.09 Å². The minimum atomic E-state index is -0.504. The van der Waals surface area contributed by atoms with Crippen LogP contribution in [-0.4, -0.2) is 35.3 Å². The zero-order valence-electron chi connectivity index (χ0n) is 14.1. The van der Waals surface area contributed by atoms with Crippen molar-refractivity contribution in [1.82, 2.24) is 15.1 Å². The molecule has 0 atom stereocenters. The molecule has 26 heavy (non-hydrogen) atoms. The van der Waals surface area contributed by atoms with Gasteiger partial charge in [-0.2, -0.15) is 0 Å². The van der Waals surface area contributed by atoms with Crippen LogP contribution in [0, 0.1) is 0 Å². The summed E-state index contributed by atoms with van der Waals surface area (Å²) in [7, 11) is 3.22. The maximum absolute atomic E-state index is 12.1. The van der Waals surface area contributed by atoms with Crippen molar-refractivity contribution in [2.45, 2.75) is 0 Å². The molecule has 0 saturated heterocycles. The van der Waals surface area contributed by atoms with Crippen LogP contribution < -0.4 is 4.74 Å². The van der Waals surface area contributed by atoms with E-state index in [1.807, 2.05) is 12.1 Å². The number of benzene rings is 2. The van der Waals surface area contributed by atoms with E-state index in [0.717, 1.165) is 11.1 Å². The van der Waals surface area contributed by atoms with Crippen molar-refractivity contribution >= 4 is 29.3 Å². The van der Waals surface area contributed by atoms with E-state index in [2.05, 4.69) is 10.2 Å². The number of hydrogen-bond donors (Lipinski definition) is 0. The summed E-state index contributed by atoms with van der Waals surface area (Å²) in [5.74, 6) is 0.311. The number of halogens is 2. The SMILES string of the molecule is CN(C)C(=O)Oc1cc(-c2ccc(Cl)cc2)nnc1-c1ccc(Cl)cc1. The summed E-state index contributed by atoms with van der Waals surface area (Å²) in [6.45, 7) is 0. The van der Waals surface area contributed by atoms with E-state index >= 15 is 0 Å². The fourth-order valence-corrected chi connectivity index (χ4v) is 2.46. The topological polar surface area (TPSA) is 55.3 Å². The molecule has 5 nitrogen and oxygen atoms in total. The second-order valence-corrected chi connectivity index (χ2v) is 6.59. The van der Waals surface area contributed by atoms with Crippen LogP contribution >= 0.6 is 23.2 Å². The molecule has 0 aliphatic rings. The molecular formula is C19H15Cl2N3O2. The number of amides is 1. The molecule has 7 heteroatoms. The van der Waals surface area contributed by atoms with Gasteiger partial charge in [0.2, 0.25) is 0 Å². The Balaban J connectivity index is 2.07. The molecule has 0 bridgehead atoms. The Morgan fingerprint density at radius 3 is 1.96 bits per heavy atom. The lowest BCUT2D eigenvalue weighted by Crippen LogP contribution is -2.25. The van der Waals surface area contributed by atoms with Crippen molar-refractivity contribution in [3.63, 3.8) is 0 Å². The van der Waals surface area contributed by atoms with Gasteiger partial charge in [0, 0.05) is 41.3 Å². The maximum Gasteiger partial charge on any atom is 0.414 e. The van der Waals surface area contributed by atoms with E-state index < -0.39 is 6.09 Å². The molecule has 3 rings (SSSR count). The molecular weight excluding hydrogens is 373 g/mol. The van der Waals surface area contributed by atoms with Crippen molar-refractivity contribution in [2.24, 2.45) is 0 Å². The first-order chi connectivity index (χ1) is 12.4. The summed E-state index contributed by atoms with van der Waals surface area (Å²) in [6.07, 6.45) is -0.504. The van der Waals surface area contributed by atoms with Gasteiger partial charge < -0.3 is 9.64 Å². The molecule has 0 unspecified atom stereocenters. The average molecular weight is 388 g/mol. The number of carbonyl (C=O) groups is 1. The third-order valence-electron chi connectivity index (χ3n) is 3.58. The summed E-state index contributed by atoms with van der Waals surface area (Å²) in [5, 5.41) is 9.75. The average Bonchev–Trinajstić information content (AvgIpc) is 2.63. The van der Waals surface area contributed by atoms with Gasteiger partial charge in [0.1, 0.15) is 5.69 Å². The lowest BCUT2D eigenvalue weighted by Gasteiger charge is -2.14. The van der Waals surface area contributed by atoms with Gasteiger partial charge in [0.25, 0.3) is 0 Å². The smallest absolute Gasteiger partial charge is 0.408 e. The lowest BCUT2D eigenvalue weighted by atomic mass is 10.1. The first kappa shape index (κ1) is 18.2. The molecule has 1 aromatic heterocycles. The maximum atomic E-state index is 12.1.